The Hall–Kier alpha value is -2.73. The van der Waals surface area contributed by atoms with E-state index in [1.165, 1.54) is 18.2 Å². The van der Waals surface area contributed by atoms with Gasteiger partial charge in [0.15, 0.2) is 5.92 Å². The Labute approximate surface area is 154 Å². The first-order valence-corrected chi connectivity index (χ1v) is 8.45. The summed E-state index contributed by atoms with van der Waals surface area (Å²) in [4.78, 5) is 29.4. The first kappa shape index (κ1) is 18.1. The maximum atomic E-state index is 14.5. The van der Waals surface area contributed by atoms with Gasteiger partial charge in [-0.25, -0.2) is 4.39 Å². The average Bonchev–Trinajstić information content (AvgIpc) is 2.62. The molecule has 0 bridgehead atoms. The third kappa shape index (κ3) is 3.46. The number of carbonyl (C=O) groups is 2. The van der Waals surface area contributed by atoms with Crippen molar-refractivity contribution >= 4 is 29.3 Å². The molecule has 0 fully saturated rings. The summed E-state index contributed by atoms with van der Waals surface area (Å²) in [6, 6.07) is 11.9. The minimum absolute atomic E-state index is 0.00417. The topological polar surface area (TPSA) is 67.8 Å². The van der Waals surface area contributed by atoms with Gasteiger partial charge in [-0.05, 0) is 19.1 Å². The zero-order valence-electron chi connectivity index (χ0n) is 13.9. The van der Waals surface area contributed by atoms with Gasteiger partial charge in [-0.2, -0.15) is 0 Å². The number of amides is 1. The zero-order chi connectivity index (χ0) is 18.7. The fraction of sp³-hybridized carbons (Fsp3) is 0.211. The van der Waals surface area contributed by atoms with Crippen molar-refractivity contribution in [2.75, 3.05) is 6.61 Å². The molecule has 3 rings (SSSR count). The van der Waals surface area contributed by atoms with E-state index in [0.717, 1.165) is 0 Å². The van der Waals surface area contributed by atoms with Gasteiger partial charge in [0.25, 0.3) is 0 Å². The van der Waals surface area contributed by atoms with E-state index < -0.39 is 29.7 Å². The standard InChI is InChI=1S/C19H16ClFN2O3/c1-2-26-19(25)15-16(14-12(20)9-6-10-13(14)21)22-17(23-18(15)24)11-7-4-3-5-8-11/h3-10,15-16H,2H2,1H3,(H,22,23,24). The number of ether oxygens (including phenoxy) is 1. The molecule has 0 spiro atoms. The molecular weight excluding hydrogens is 359 g/mol. The van der Waals surface area contributed by atoms with Crippen molar-refractivity contribution in [3.05, 3.63) is 70.5 Å². The summed E-state index contributed by atoms with van der Waals surface area (Å²) in [7, 11) is 0. The van der Waals surface area contributed by atoms with Gasteiger partial charge in [-0.15, -0.1) is 0 Å². The fourth-order valence-corrected chi connectivity index (χ4v) is 3.09. The molecule has 134 valence electrons. The third-order valence-corrected chi connectivity index (χ3v) is 4.32. The third-order valence-electron chi connectivity index (χ3n) is 3.99. The molecule has 1 N–H and O–H groups in total. The molecule has 7 heteroatoms. The highest BCUT2D eigenvalue weighted by atomic mass is 35.5. The largest absolute Gasteiger partial charge is 0.465 e. The number of amidine groups is 1. The van der Waals surface area contributed by atoms with Gasteiger partial charge in [0.2, 0.25) is 5.91 Å². The Kier molecular flexibility index (Phi) is 5.32. The number of aliphatic imine (C=N–C) groups is 1. The maximum Gasteiger partial charge on any atom is 0.321 e. The van der Waals surface area contributed by atoms with Gasteiger partial charge in [0.05, 0.1) is 6.61 Å². The van der Waals surface area contributed by atoms with Crippen LogP contribution in [0.2, 0.25) is 5.02 Å². The smallest absolute Gasteiger partial charge is 0.321 e. The number of nitrogens with one attached hydrogen (secondary N) is 1. The van der Waals surface area contributed by atoms with Gasteiger partial charge in [-0.3, -0.25) is 14.6 Å². The van der Waals surface area contributed by atoms with E-state index in [9.17, 15) is 14.0 Å². The van der Waals surface area contributed by atoms with Crippen LogP contribution in [0.4, 0.5) is 4.39 Å². The molecule has 2 aromatic rings. The lowest BCUT2D eigenvalue weighted by molar-refractivity contribution is -0.153. The number of hydrogen-bond donors (Lipinski definition) is 1. The molecule has 0 aromatic heterocycles. The number of halogens is 2. The Balaban J connectivity index is 2.14. The predicted octanol–water partition coefficient (Wildman–Crippen LogP) is 3.28. The lowest BCUT2D eigenvalue weighted by atomic mass is 9.90. The summed E-state index contributed by atoms with van der Waals surface area (Å²) in [6.07, 6.45) is 0. The van der Waals surface area contributed by atoms with Crippen LogP contribution in [0.15, 0.2) is 53.5 Å². The van der Waals surface area contributed by atoms with Crippen molar-refractivity contribution in [2.24, 2.45) is 10.9 Å². The number of hydrogen-bond acceptors (Lipinski definition) is 4. The van der Waals surface area contributed by atoms with E-state index in [2.05, 4.69) is 10.3 Å². The number of rotatable bonds is 4. The quantitative estimate of drug-likeness (QED) is 0.659. The normalized spacial score (nSPS) is 19.5. The molecule has 1 aliphatic heterocycles. The van der Waals surface area contributed by atoms with Crippen molar-refractivity contribution in [1.29, 1.82) is 0 Å². The van der Waals surface area contributed by atoms with E-state index in [4.69, 9.17) is 16.3 Å². The molecule has 0 saturated carbocycles. The van der Waals surface area contributed by atoms with Crippen molar-refractivity contribution in [1.82, 2.24) is 5.32 Å². The SMILES string of the molecule is CCOC(=O)C1C(=O)NC(c2ccccc2)=NC1c1c(F)cccc1Cl. The van der Waals surface area contributed by atoms with Gasteiger partial charge in [-0.1, -0.05) is 48.0 Å². The van der Waals surface area contributed by atoms with Gasteiger partial charge >= 0.3 is 5.97 Å². The Morgan fingerprint density at radius 3 is 2.62 bits per heavy atom. The van der Waals surface area contributed by atoms with Crippen LogP contribution in [0.25, 0.3) is 0 Å². The van der Waals surface area contributed by atoms with Crippen LogP contribution in [-0.4, -0.2) is 24.3 Å². The summed E-state index contributed by atoms with van der Waals surface area (Å²) < 4.78 is 19.5. The highest BCUT2D eigenvalue weighted by Crippen LogP contribution is 2.36. The van der Waals surface area contributed by atoms with Crippen LogP contribution >= 0.6 is 11.6 Å². The Bertz CT molecular complexity index is 850. The monoisotopic (exact) mass is 374 g/mol. The van der Waals surface area contributed by atoms with Crippen LogP contribution < -0.4 is 5.32 Å². The second kappa shape index (κ2) is 7.66. The number of nitrogens with zero attached hydrogens (tertiary/aromatic N) is 1. The number of carbonyl (C=O) groups excluding carboxylic acids is 2. The van der Waals surface area contributed by atoms with Crippen LogP contribution in [0, 0.1) is 11.7 Å². The van der Waals surface area contributed by atoms with E-state index in [0.29, 0.717) is 5.56 Å². The van der Waals surface area contributed by atoms with E-state index in [1.807, 2.05) is 6.07 Å². The summed E-state index contributed by atoms with van der Waals surface area (Å²) in [5.41, 5.74) is 0.635. The van der Waals surface area contributed by atoms with Gasteiger partial charge in [0.1, 0.15) is 17.7 Å². The second-order valence-corrected chi connectivity index (χ2v) is 6.05. The second-order valence-electron chi connectivity index (χ2n) is 5.64. The Morgan fingerprint density at radius 1 is 1.23 bits per heavy atom. The Morgan fingerprint density at radius 2 is 1.96 bits per heavy atom. The van der Waals surface area contributed by atoms with Crippen LogP contribution in [-0.2, 0) is 14.3 Å². The zero-order valence-corrected chi connectivity index (χ0v) is 14.7. The molecule has 1 aliphatic rings. The molecule has 2 atom stereocenters. The lowest BCUT2D eigenvalue weighted by Crippen LogP contribution is -2.47. The van der Waals surface area contributed by atoms with Crippen LogP contribution in [0.5, 0.6) is 0 Å². The predicted molar refractivity (Wildman–Crippen MR) is 95.4 cm³/mol. The summed E-state index contributed by atoms with van der Waals surface area (Å²) >= 11 is 6.16. The lowest BCUT2D eigenvalue weighted by Gasteiger charge is -2.28. The van der Waals surface area contributed by atoms with Crippen molar-refractivity contribution in [3.63, 3.8) is 0 Å². The van der Waals surface area contributed by atoms with Crippen molar-refractivity contribution in [3.8, 4) is 0 Å². The maximum absolute atomic E-state index is 14.5. The van der Waals surface area contributed by atoms with Crippen molar-refractivity contribution in [2.45, 2.75) is 13.0 Å². The molecule has 0 radical (unpaired) electrons. The molecular formula is C19H16ClFN2O3. The molecule has 26 heavy (non-hydrogen) atoms. The number of esters is 1. The molecule has 2 aromatic carbocycles. The minimum atomic E-state index is -1.32. The van der Waals surface area contributed by atoms with E-state index in [1.54, 1.807) is 31.2 Å². The molecule has 0 aliphatic carbocycles. The summed E-state index contributed by atoms with van der Waals surface area (Å²) in [5.74, 6) is -3.09. The van der Waals surface area contributed by atoms with Crippen molar-refractivity contribution < 1.29 is 18.7 Å². The minimum Gasteiger partial charge on any atom is -0.465 e. The molecule has 1 amide bonds. The fourth-order valence-electron chi connectivity index (χ4n) is 2.82. The van der Waals surface area contributed by atoms with Gasteiger partial charge < -0.3 is 10.1 Å². The summed E-state index contributed by atoms with van der Waals surface area (Å²) in [5, 5.41) is 2.70. The van der Waals surface area contributed by atoms with E-state index in [-0.39, 0.29) is 23.0 Å². The number of benzene rings is 2. The highest BCUT2D eigenvalue weighted by molar-refractivity contribution is 6.31. The molecule has 0 saturated heterocycles. The first-order chi connectivity index (χ1) is 12.5. The average molecular weight is 375 g/mol. The van der Waals surface area contributed by atoms with Gasteiger partial charge in [0, 0.05) is 16.1 Å². The van der Waals surface area contributed by atoms with Crippen LogP contribution in [0.3, 0.4) is 0 Å². The highest BCUT2D eigenvalue weighted by Gasteiger charge is 2.43. The molecule has 5 nitrogen and oxygen atoms in total. The molecule has 1 heterocycles. The first-order valence-electron chi connectivity index (χ1n) is 8.07. The molecule has 2 unspecified atom stereocenters. The van der Waals surface area contributed by atoms with E-state index >= 15 is 0 Å². The summed E-state index contributed by atoms with van der Waals surface area (Å²) in [6.45, 7) is 1.72. The van der Waals surface area contributed by atoms with Crippen LogP contribution in [0.1, 0.15) is 24.1 Å².